The van der Waals surface area contributed by atoms with Crippen molar-refractivity contribution < 1.29 is 4.74 Å². The molecule has 0 aliphatic rings. The number of hydrogen-bond acceptors (Lipinski definition) is 1. The Balaban J connectivity index is 3.67. The molecule has 0 aromatic carbocycles. The van der Waals surface area contributed by atoms with Crippen LogP contribution >= 0.6 is 11.6 Å². The molecule has 0 aliphatic carbocycles. The minimum absolute atomic E-state index is 0.584. The molecule has 0 aliphatic heterocycles. The Labute approximate surface area is 111 Å². The Hall–Kier alpha value is -0.530. The Morgan fingerprint density at radius 3 is 2.06 bits per heavy atom. The van der Waals surface area contributed by atoms with Crippen molar-refractivity contribution in [2.75, 3.05) is 19.1 Å². The Morgan fingerprint density at radius 2 is 1.53 bits per heavy atom. The minimum Gasteiger partial charge on any atom is -0.373 e. The van der Waals surface area contributed by atoms with Crippen molar-refractivity contribution in [1.29, 1.82) is 0 Å². The van der Waals surface area contributed by atoms with Gasteiger partial charge < -0.3 is 4.74 Å². The summed E-state index contributed by atoms with van der Waals surface area (Å²) in [6, 6.07) is 0. The molecule has 0 saturated heterocycles. The second-order valence-corrected chi connectivity index (χ2v) is 4.86. The summed E-state index contributed by atoms with van der Waals surface area (Å²) in [7, 11) is 0. The smallest absolute Gasteiger partial charge is 0.0654 e. The summed E-state index contributed by atoms with van der Waals surface area (Å²) < 4.78 is 5.48. The van der Waals surface area contributed by atoms with Crippen LogP contribution in [0, 0.1) is 0 Å². The molecule has 0 amide bonds. The molecule has 0 atom stereocenters. The third kappa shape index (κ3) is 11.7. The first-order valence-corrected chi connectivity index (χ1v) is 6.68. The summed E-state index contributed by atoms with van der Waals surface area (Å²) in [5.41, 5.74) is 3.94. The van der Waals surface area contributed by atoms with Gasteiger partial charge >= 0.3 is 0 Å². The third-order valence-corrected chi connectivity index (χ3v) is 2.82. The van der Waals surface area contributed by atoms with Gasteiger partial charge in [-0.15, -0.1) is 11.6 Å². The van der Waals surface area contributed by atoms with Crippen LogP contribution in [0.4, 0.5) is 0 Å². The molecule has 17 heavy (non-hydrogen) atoms. The summed E-state index contributed by atoms with van der Waals surface area (Å²) >= 11 is 5.66. The Bertz CT molecular complexity index is 283. The highest BCUT2D eigenvalue weighted by Crippen LogP contribution is 2.06. The van der Waals surface area contributed by atoms with Gasteiger partial charge in [0.25, 0.3) is 0 Å². The summed E-state index contributed by atoms with van der Waals surface area (Å²) in [5, 5.41) is 0. The van der Waals surface area contributed by atoms with Crippen LogP contribution in [-0.2, 0) is 4.74 Å². The molecule has 0 rings (SSSR count). The van der Waals surface area contributed by atoms with Gasteiger partial charge in [0.15, 0.2) is 0 Å². The first kappa shape index (κ1) is 16.5. The van der Waals surface area contributed by atoms with Crippen molar-refractivity contribution in [2.24, 2.45) is 0 Å². The van der Waals surface area contributed by atoms with Crippen molar-refractivity contribution in [2.45, 2.75) is 40.5 Å². The lowest BCUT2D eigenvalue weighted by Crippen LogP contribution is -1.93. The van der Waals surface area contributed by atoms with E-state index in [-0.39, 0.29) is 0 Å². The summed E-state index contributed by atoms with van der Waals surface area (Å²) in [4.78, 5) is 0. The zero-order valence-electron chi connectivity index (χ0n) is 11.6. The van der Waals surface area contributed by atoms with E-state index in [0.717, 1.165) is 18.4 Å². The van der Waals surface area contributed by atoms with Crippen LogP contribution in [0.15, 0.2) is 34.9 Å². The fourth-order valence-electron chi connectivity index (χ4n) is 1.22. The van der Waals surface area contributed by atoms with Crippen LogP contribution < -0.4 is 0 Å². The Morgan fingerprint density at radius 1 is 0.941 bits per heavy atom. The van der Waals surface area contributed by atoms with Crippen molar-refractivity contribution in [3.05, 3.63) is 34.9 Å². The van der Waals surface area contributed by atoms with Crippen LogP contribution in [0.5, 0.6) is 0 Å². The van der Waals surface area contributed by atoms with Gasteiger partial charge in [0.05, 0.1) is 13.2 Å². The molecule has 0 heterocycles. The van der Waals surface area contributed by atoms with Crippen LogP contribution in [0.1, 0.15) is 40.5 Å². The molecule has 2 heteroatoms. The highest BCUT2D eigenvalue weighted by Gasteiger charge is 1.89. The zero-order chi connectivity index (χ0) is 13.1. The van der Waals surface area contributed by atoms with Crippen molar-refractivity contribution >= 4 is 11.6 Å². The fourth-order valence-corrected chi connectivity index (χ4v) is 1.32. The van der Waals surface area contributed by atoms with Gasteiger partial charge in [-0.25, -0.2) is 0 Å². The molecule has 0 radical (unpaired) electrons. The molecule has 0 unspecified atom stereocenters. The average Bonchev–Trinajstić information content (AvgIpc) is 2.27. The minimum atomic E-state index is 0.584. The van der Waals surface area contributed by atoms with E-state index in [1.807, 2.05) is 13.0 Å². The van der Waals surface area contributed by atoms with E-state index in [1.165, 1.54) is 11.1 Å². The normalized spacial score (nSPS) is 12.8. The summed E-state index contributed by atoms with van der Waals surface area (Å²) in [6.07, 6.45) is 8.69. The monoisotopic (exact) mass is 256 g/mol. The number of allylic oxidation sites excluding steroid dienone is 4. The second-order valence-electron chi connectivity index (χ2n) is 4.59. The molecule has 1 nitrogen and oxygen atoms in total. The molecule has 98 valence electrons. The van der Waals surface area contributed by atoms with Crippen LogP contribution in [0.3, 0.4) is 0 Å². The predicted octanol–water partition coefficient (Wildman–Crippen LogP) is 4.88. The summed E-state index contributed by atoms with van der Waals surface area (Å²) in [5.74, 6) is 0.584. The maximum atomic E-state index is 5.66. The first-order valence-electron chi connectivity index (χ1n) is 6.14. The number of rotatable bonds is 8. The van der Waals surface area contributed by atoms with E-state index in [0.29, 0.717) is 19.1 Å². The van der Waals surface area contributed by atoms with E-state index < -0.39 is 0 Å². The van der Waals surface area contributed by atoms with E-state index in [4.69, 9.17) is 16.3 Å². The van der Waals surface area contributed by atoms with Gasteiger partial charge in [-0.1, -0.05) is 34.9 Å². The van der Waals surface area contributed by atoms with E-state index in [2.05, 4.69) is 32.9 Å². The van der Waals surface area contributed by atoms with Gasteiger partial charge in [-0.05, 0) is 40.5 Å². The number of ether oxygens (including phenoxy) is 1. The first-order chi connectivity index (χ1) is 8.06. The number of alkyl halides is 1. The maximum Gasteiger partial charge on any atom is 0.0654 e. The standard InChI is InChI=1S/C15H25ClO/c1-13(2)6-5-7-14(3)8-10-17-11-9-15(4)12-16/h6,8-9H,5,7,10-12H2,1-4H3. The third-order valence-electron chi connectivity index (χ3n) is 2.40. The lowest BCUT2D eigenvalue weighted by Gasteiger charge is -2.01. The zero-order valence-corrected chi connectivity index (χ0v) is 12.3. The lowest BCUT2D eigenvalue weighted by molar-refractivity contribution is 0.193. The van der Waals surface area contributed by atoms with Gasteiger partial charge in [0.2, 0.25) is 0 Å². The molecule has 0 spiro atoms. The van der Waals surface area contributed by atoms with E-state index in [9.17, 15) is 0 Å². The molecule has 0 fully saturated rings. The highest BCUT2D eigenvalue weighted by molar-refractivity contribution is 6.19. The van der Waals surface area contributed by atoms with Crippen LogP contribution in [0.25, 0.3) is 0 Å². The summed E-state index contributed by atoms with van der Waals surface area (Å²) in [6.45, 7) is 9.77. The Kier molecular flexibility index (Phi) is 10.3. The molecular weight excluding hydrogens is 232 g/mol. The molecular formula is C15H25ClO. The fraction of sp³-hybridized carbons (Fsp3) is 0.600. The molecule has 0 aromatic heterocycles. The predicted molar refractivity (Wildman–Crippen MR) is 77.7 cm³/mol. The molecule has 0 saturated carbocycles. The molecule has 0 bridgehead atoms. The van der Waals surface area contributed by atoms with E-state index >= 15 is 0 Å². The number of hydrogen-bond donors (Lipinski definition) is 0. The number of halogens is 1. The second kappa shape index (κ2) is 10.6. The van der Waals surface area contributed by atoms with Crippen LogP contribution in [0.2, 0.25) is 0 Å². The van der Waals surface area contributed by atoms with Gasteiger partial charge in [0.1, 0.15) is 0 Å². The average molecular weight is 257 g/mol. The van der Waals surface area contributed by atoms with Gasteiger partial charge in [-0.2, -0.15) is 0 Å². The van der Waals surface area contributed by atoms with Crippen molar-refractivity contribution in [1.82, 2.24) is 0 Å². The SMILES string of the molecule is CC(C)=CCCC(C)=CCOCC=C(C)CCl. The molecule has 0 aromatic rings. The van der Waals surface area contributed by atoms with Gasteiger partial charge in [0, 0.05) is 5.88 Å². The topological polar surface area (TPSA) is 9.23 Å². The van der Waals surface area contributed by atoms with Gasteiger partial charge in [-0.3, -0.25) is 0 Å². The van der Waals surface area contributed by atoms with Crippen molar-refractivity contribution in [3.8, 4) is 0 Å². The molecule has 0 N–H and O–H groups in total. The maximum absolute atomic E-state index is 5.66. The largest absolute Gasteiger partial charge is 0.373 e. The quantitative estimate of drug-likeness (QED) is 0.342. The van der Waals surface area contributed by atoms with E-state index in [1.54, 1.807) is 0 Å². The van der Waals surface area contributed by atoms with Crippen LogP contribution in [-0.4, -0.2) is 19.1 Å². The van der Waals surface area contributed by atoms with Crippen molar-refractivity contribution in [3.63, 3.8) is 0 Å². The lowest BCUT2D eigenvalue weighted by atomic mass is 10.1. The highest BCUT2D eigenvalue weighted by atomic mass is 35.5.